The Morgan fingerprint density at radius 2 is 1.93 bits per heavy atom. The Hall–Kier alpha value is -4.09. The van der Waals surface area contributed by atoms with Crippen LogP contribution in [0.25, 0.3) is 22.6 Å². The lowest BCUT2D eigenvalue weighted by Crippen LogP contribution is -2.68. The minimum atomic E-state index is -4.95. The van der Waals surface area contributed by atoms with E-state index in [0.717, 1.165) is 10.9 Å². The number of aliphatic hydroxyl groups excluding tert-OH is 1. The van der Waals surface area contributed by atoms with Crippen molar-refractivity contribution in [2.75, 3.05) is 12.4 Å². The highest BCUT2D eigenvalue weighted by molar-refractivity contribution is 7.55. The molecule has 14 N–H and O–H groups in total. The van der Waals surface area contributed by atoms with E-state index in [1.165, 1.54) is 6.20 Å². The Labute approximate surface area is 249 Å². The van der Waals surface area contributed by atoms with E-state index < -0.39 is 81.7 Å². The molecule has 0 saturated carbocycles. The molecule has 0 radical (unpaired) electrons. The number of ether oxygens (including phenoxy) is 1. The summed E-state index contributed by atoms with van der Waals surface area (Å²) >= 11 is 0. The number of hydrazine groups is 1. The van der Waals surface area contributed by atoms with Crippen molar-refractivity contribution in [1.29, 1.82) is 0 Å². The van der Waals surface area contributed by atoms with Gasteiger partial charge in [-0.15, -0.1) is 4.52 Å². The number of hydrogen-bond acceptors (Lipinski definition) is 21. The molecular weight excluding hydrogens is 650 g/mol. The number of nitrogens with two attached hydrogens (primary N) is 2. The van der Waals surface area contributed by atoms with Crippen molar-refractivity contribution < 1.29 is 57.0 Å². The second kappa shape index (κ2) is 10.5. The third-order valence-electron chi connectivity index (χ3n) is 6.70. The number of aromatic nitrogens is 4. The average molecular weight is 674 g/mol. The van der Waals surface area contributed by atoms with Crippen LogP contribution in [0.1, 0.15) is 11.5 Å². The zero-order chi connectivity index (χ0) is 31.8. The van der Waals surface area contributed by atoms with Crippen molar-refractivity contribution in [2.24, 2.45) is 5.73 Å². The molecule has 0 aliphatic carbocycles. The van der Waals surface area contributed by atoms with Crippen LogP contribution < -0.4 is 37.6 Å². The summed E-state index contributed by atoms with van der Waals surface area (Å²) in [6.45, 7) is -0.610. The van der Waals surface area contributed by atoms with E-state index in [1.807, 2.05) is 0 Å². The molecule has 25 heteroatoms. The first-order chi connectivity index (χ1) is 21.3. The maximum Gasteiger partial charge on any atom is 0.663 e. The van der Waals surface area contributed by atoms with E-state index in [9.17, 15) is 34.6 Å². The third-order valence-corrected chi connectivity index (χ3v) is 8.40. The number of rotatable bonds is 2. The SMILES string of the molecule is Nc1nc2c(ncn2C2=C3O[P+](O)(O)OCc4oc(C5=CNN6C(N)NCNC56)c(O)c4O[P+](O)(O)O/C=C(/O2)[C@H]3O)c(=O)[nH]1. The highest BCUT2D eigenvalue weighted by Gasteiger charge is 2.53. The summed E-state index contributed by atoms with van der Waals surface area (Å²) in [7, 11) is -9.90. The van der Waals surface area contributed by atoms with Crippen LogP contribution in [0.15, 0.2) is 39.5 Å². The highest BCUT2D eigenvalue weighted by atomic mass is 31.2. The fourth-order valence-corrected chi connectivity index (χ4v) is 6.21. The second-order valence-corrected chi connectivity index (χ2v) is 12.4. The van der Waals surface area contributed by atoms with Crippen LogP contribution in [0, 0.1) is 0 Å². The first-order valence-electron chi connectivity index (χ1n) is 12.6. The normalized spacial score (nSPS) is 27.2. The quantitative estimate of drug-likeness (QED) is 0.122. The average Bonchev–Trinajstić information content (AvgIpc) is 3.72. The minimum absolute atomic E-state index is 0.181. The zero-order valence-corrected chi connectivity index (χ0v) is 24.0. The lowest BCUT2D eigenvalue weighted by molar-refractivity contribution is 0.0583. The molecule has 240 valence electrons. The summed E-state index contributed by atoms with van der Waals surface area (Å²) in [6.07, 6.45) is -0.181. The number of nitrogens with zero attached hydrogens (tertiary/aromatic N) is 4. The second-order valence-electron chi connectivity index (χ2n) is 9.58. The van der Waals surface area contributed by atoms with E-state index in [2.05, 4.69) is 31.0 Å². The lowest BCUT2D eigenvalue weighted by atomic mass is 10.1. The van der Waals surface area contributed by atoms with Crippen LogP contribution in [0.5, 0.6) is 11.5 Å². The summed E-state index contributed by atoms with van der Waals surface area (Å²) in [5, 5.41) is 29.5. The first-order valence-corrected chi connectivity index (χ1v) is 15.6. The molecule has 7 heterocycles. The molecule has 2 bridgehead atoms. The van der Waals surface area contributed by atoms with Gasteiger partial charge in [-0.1, -0.05) is 0 Å². The Morgan fingerprint density at radius 1 is 1.13 bits per heavy atom. The number of hydrogen-bond donors (Lipinski definition) is 12. The number of aromatic amines is 1. The van der Waals surface area contributed by atoms with Gasteiger partial charge < -0.3 is 36.3 Å². The van der Waals surface area contributed by atoms with Crippen molar-refractivity contribution in [3.05, 3.63) is 52.2 Å². The molecular formula is C20H24N10O13P2+2. The van der Waals surface area contributed by atoms with Gasteiger partial charge >= 0.3 is 16.3 Å². The summed E-state index contributed by atoms with van der Waals surface area (Å²) in [5.74, 6) is -4.15. The minimum Gasteiger partial charge on any atom is -0.501 e. The van der Waals surface area contributed by atoms with Crippen LogP contribution in [-0.4, -0.2) is 79.5 Å². The number of anilines is 1. The summed E-state index contributed by atoms with van der Waals surface area (Å²) in [4.78, 5) is 65.2. The predicted molar refractivity (Wildman–Crippen MR) is 147 cm³/mol. The number of imidazole rings is 1. The van der Waals surface area contributed by atoms with E-state index in [-0.39, 0.29) is 29.5 Å². The van der Waals surface area contributed by atoms with Gasteiger partial charge in [-0.05, 0) is 0 Å². The van der Waals surface area contributed by atoms with Gasteiger partial charge in [0.1, 0.15) is 18.8 Å². The number of furan rings is 1. The van der Waals surface area contributed by atoms with Gasteiger partial charge in [0.05, 0.1) is 0 Å². The van der Waals surface area contributed by atoms with Crippen LogP contribution >= 0.6 is 16.3 Å². The molecule has 4 aliphatic rings. The van der Waals surface area contributed by atoms with Crippen molar-refractivity contribution in [3.8, 4) is 11.5 Å². The number of aromatic hydroxyl groups is 1. The zero-order valence-electron chi connectivity index (χ0n) is 22.3. The third kappa shape index (κ3) is 5.11. The molecule has 0 spiro atoms. The summed E-state index contributed by atoms with van der Waals surface area (Å²) in [6, 6.07) is 0. The Kier molecular flexibility index (Phi) is 6.90. The number of H-pyrrole nitrogens is 1. The van der Waals surface area contributed by atoms with Gasteiger partial charge in [0, 0.05) is 18.4 Å². The molecule has 3 aromatic rings. The number of aliphatic hydroxyl groups is 1. The fraction of sp³-hybridized carbons (Fsp3) is 0.250. The Bertz CT molecular complexity index is 1850. The van der Waals surface area contributed by atoms with Crippen molar-refractivity contribution in [2.45, 2.75) is 25.2 Å². The van der Waals surface area contributed by atoms with E-state index in [1.54, 1.807) is 5.01 Å². The molecule has 3 atom stereocenters. The molecule has 4 aliphatic heterocycles. The first kappa shape index (κ1) is 29.6. The summed E-state index contributed by atoms with van der Waals surface area (Å²) in [5.41, 5.74) is 13.8. The number of fused-ring (bicyclic) bond motifs is 5. The van der Waals surface area contributed by atoms with Crippen LogP contribution in [0.4, 0.5) is 5.95 Å². The van der Waals surface area contributed by atoms with Gasteiger partial charge in [0.25, 0.3) is 23.0 Å². The molecule has 3 aromatic heterocycles. The molecule has 45 heavy (non-hydrogen) atoms. The number of nitrogens with one attached hydrogen (secondary N) is 4. The summed E-state index contributed by atoms with van der Waals surface area (Å²) < 4.78 is 33.0. The highest BCUT2D eigenvalue weighted by Crippen LogP contribution is 2.61. The molecule has 2 unspecified atom stereocenters. The maximum absolute atomic E-state index is 12.3. The van der Waals surface area contributed by atoms with E-state index >= 15 is 0 Å². The van der Waals surface area contributed by atoms with Crippen molar-refractivity contribution in [3.63, 3.8) is 0 Å². The fourth-order valence-electron chi connectivity index (χ4n) is 4.73. The van der Waals surface area contributed by atoms with Gasteiger partial charge in [-0.25, -0.2) is 14.1 Å². The number of nitrogen functional groups attached to an aromatic ring is 1. The van der Waals surface area contributed by atoms with E-state index in [0.29, 0.717) is 11.8 Å². The molecule has 7 rings (SSSR count). The van der Waals surface area contributed by atoms with Gasteiger partial charge in [0.2, 0.25) is 11.7 Å². The molecule has 0 amide bonds. The van der Waals surface area contributed by atoms with E-state index in [4.69, 9.17) is 38.7 Å². The standard InChI is InChI=1S/C20H22N10O13P2/c21-19-27-16-9(17(33)28-19)25-5-29(16)18-14-10(31)7(41-18)2-38-44(34,35)42-13-8(3-39-45(36,37)43-14)40-12(11(13)32)6-1-26-30-15(6)23-4-24-20(30)22/h1-2,5,10,15,20,23-24,26,31,34-37H,3-4,22H2,(H2-2,21,27,28,32,33)/p+2/b7-2+/t10-,15?,20?/m1/s1. The molecule has 1 saturated heterocycles. The molecule has 1 fully saturated rings. The maximum atomic E-state index is 12.3. The molecule has 23 nitrogen and oxygen atoms in total. The Morgan fingerprint density at radius 3 is 2.73 bits per heavy atom. The van der Waals surface area contributed by atoms with Crippen LogP contribution in [-0.2, 0) is 24.9 Å². The van der Waals surface area contributed by atoms with Crippen LogP contribution in [0.3, 0.4) is 0 Å². The topological polar surface area (TPSA) is 336 Å². The van der Waals surface area contributed by atoms with Crippen molar-refractivity contribution in [1.82, 2.24) is 40.6 Å². The van der Waals surface area contributed by atoms with Gasteiger partial charge in [0.15, 0.2) is 47.4 Å². The Balaban J connectivity index is 1.27. The molecule has 0 aromatic carbocycles. The van der Waals surface area contributed by atoms with Gasteiger partial charge in [-0.2, -0.15) is 29.6 Å². The lowest BCUT2D eigenvalue weighted by Gasteiger charge is -2.37. The van der Waals surface area contributed by atoms with Gasteiger partial charge in [-0.3, -0.25) is 29.5 Å². The largest absolute Gasteiger partial charge is 0.663 e. The van der Waals surface area contributed by atoms with Crippen LogP contribution in [0.2, 0.25) is 0 Å². The smallest absolute Gasteiger partial charge is 0.501 e. The monoisotopic (exact) mass is 674 g/mol. The van der Waals surface area contributed by atoms with Crippen molar-refractivity contribution >= 4 is 44.9 Å². The predicted octanol–water partition coefficient (Wildman–Crippen LogP) is -2.79.